The molecule has 0 spiro atoms. The Morgan fingerprint density at radius 3 is 2.28 bits per heavy atom. The third kappa shape index (κ3) is 4.21. The van der Waals surface area contributed by atoms with Gasteiger partial charge in [-0.15, -0.1) is 0 Å². The van der Waals surface area contributed by atoms with Gasteiger partial charge >= 0.3 is 0 Å². The van der Waals surface area contributed by atoms with E-state index in [2.05, 4.69) is 32.6 Å². The van der Waals surface area contributed by atoms with Crippen LogP contribution in [0.15, 0.2) is 23.1 Å². The first-order valence-corrected chi connectivity index (χ1v) is 13.7. The summed E-state index contributed by atoms with van der Waals surface area (Å²) in [5, 5.41) is 3.64. The van der Waals surface area contributed by atoms with Crippen LogP contribution in [-0.2, 0) is 19.2 Å². The molecule has 29 heavy (non-hydrogen) atoms. The van der Waals surface area contributed by atoms with Gasteiger partial charge in [0.2, 0.25) is 15.9 Å². The van der Waals surface area contributed by atoms with Gasteiger partial charge < -0.3 is 5.32 Å². The minimum absolute atomic E-state index is 0.134. The lowest BCUT2D eigenvalue weighted by Crippen LogP contribution is -2.62. The SMILES string of the molecule is CC(C)(NS(=O)(=O)c1cccc(Cl)c1CI)C(=O)NC1C2CC3CC(C2)CC1C3. The number of rotatable bonds is 6. The average Bonchev–Trinajstić information content (AvgIpc) is 2.62. The summed E-state index contributed by atoms with van der Waals surface area (Å²) in [6.45, 7) is 3.26. The molecule has 1 aromatic carbocycles. The Hall–Kier alpha value is -0.380. The molecule has 160 valence electrons. The molecule has 0 aromatic heterocycles. The number of alkyl halides is 1. The van der Waals surface area contributed by atoms with Gasteiger partial charge in [-0.2, -0.15) is 4.72 Å². The maximum atomic E-state index is 13.1. The first-order valence-electron chi connectivity index (χ1n) is 10.3. The van der Waals surface area contributed by atoms with Crippen molar-refractivity contribution in [2.75, 3.05) is 0 Å². The third-order valence-corrected chi connectivity index (χ3v) is 9.84. The number of hydrogen-bond acceptors (Lipinski definition) is 3. The number of carbonyl (C=O) groups excluding carboxylic acids is 1. The van der Waals surface area contributed by atoms with Crippen molar-refractivity contribution in [1.29, 1.82) is 0 Å². The monoisotopic (exact) mass is 550 g/mol. The highest BCUT2D eigenvalue weighted by Crippen LogP contribution is 2.53. The van der Waals surface area contributed by atoms with Gasteiger partial charge in [0.25, 0.3) is 0 Å². The number of halogens is 2. The predicted octanol–water partition coefficient (Wildman–Crippen LogP) is 4.27. The van der Waals surface area contributed by atoms with Crippen LogP contribution in [0.1, 0.15) is 51.5 Å². The van der Waals surface area contributed by atoms with Crippen molar-refractivity contribution in [3.8, 4) is 0 Å². The maximum absolute atomic E-state index is 13.1. The predicted molar refractivity (Wildman–Crippen MR) is 123 cm³/mol. The highest BCUT2D eigenvalue weighted by molar-refractivity contribution is 14.1. The van der Waals surface area contributed by atoms with Gasteiger partial charge in [0.05, 0.1) is 4.90 Å². The van der Waals surface area contributed by atoms with Gasteiger partial charge in [0.1, 0.15) is 5.54 Å². The van der Waals surface area contributed by atoms with E-state index in [4.69, 9.17) is 11.6 Å². The van der Waals surface area contributed by atoms with Crippen molar-refractivity contribution in [1.82, 2.24) is 10.0 Å². The first kappa shape index (κ1) is 21.8. The average molecular weight is 551 g/mol. The zero-order chi connectivity index (χ0) is 21.0. The summed E-state index contributed by atoms with van der Waals surface area (Å²) in [5.74, 6) is 2.48. The minimum Gasteiger partial charge on any atom is -0.351 e. The van der Waals surface area contributed by atoms with E-state index in [-0.39, 0.29) is 16.8 Å². The van der Waals surface area contributed by atoms with Crippen molar-refractivity contribution in [3.05, 3.63) is 28.8 Å². The molecule has 4 saturated carbocycles. The van der Waals surface area contributed by atoms with Gasteiger partial charge in [0.15, 0.2) is 0 Å². The molecule has 4 aliphatic rings. The van der Waals surface area contributed by atoms with Crippen LogP contribution in [0, 0.1) is 23.7 Å². The van der Waals surface area contributed by atoms with Crippen LogP contribution >= 0.6 is 34.2 Å². The summed E-state index contributed by atoms with van der Waals surface area (Å²) in [6, 6.07) is 5.01. The van der Waals surface area contributed by atoms with E-state index < -0.39 is 15.6 Å². The van der Waals surface area contributed by atoms with E-state index >= 15 is 0 Å². The lowest BCUT2D eigenvalue weighted by molar-refractivity contribution is -0.129. The zero-order valence-corrected chi connectivity index (χ0v) is 20.5. The molecule has 0 atom stereocenters. The molecular formula is C21H28ClIN2O3S. The summed E-state index contributed by atoms with van der Waals surface area (Å²) in [4.78, 5) is 13.3. The fourth-order valence-electron chi connectivity index (χ4n) is 5.85. The van der Waals surface area contributed by atoms with E-state index in [1.165, 1.54) is 38.2 Å². The van der Waals surface area contributed by atoms with E-state index in [1.54, 1.807) is 26.0 Å². The van der Waals surface area contributed by atoms with Crippen LogP contribution in [0.2, 0.25) is 5.02 Å². The second-order valence-corrected chi connectivity index (χ2v) is 12.3. The molecule has 2 N–H and O–H groups in total. The summed E-state index contributed by atoms with van der Waals surface area (Å²) in [5.41, 5.74) is -0.697. The third-order valence-electron chi connectivity index (χ3n) is 6.98. The molecule has 1 aromatic rings. The number of amides is 1. The topological polar surface area (TPSA) is 75.3 Å². The largest absolute Gasteiger partial charge is 0.351 e. The second kappa shape index (κ2) is 7.95. The van der Waals surface area contributed by atoms with Crippen LogP contribution in [0.4, 0.5) is 0 Å². The highest BCUT2D eigenvalue weighted by Gasteiger charge is 2.49. The lowest BCUT2D eigenvalue weighted by atomic mass is 9.54. The first-order chi connectivity index (χ1) is 13.6. The molecule has 5 nitrogen and oxygen atoms in total. The maximum Gasteiger partial charge on any atom is 0.241 e. The molecule has 4 fully saturated rings. The summed E-state index contributed by atoms with van der Waals surface area (Å²) >= 11 is 8.29. The molecule has 0 saturated heterocycles. The fourth-order valence-corrected chi connectivity index (χ4v) is 9.09. The number of carbonyl (C=O) groups is 1. The molecule has 0 unspecified atom stereocenters. The molecular weight excluding hydrogens is 523 g/mol. The van der Waals surface area contributed by atoms with Crippen LogP contribution in [0.5, 0.6) is 0 Å². The molecule has 0 aliphatic heterocycles. The van der Waals surface area contributed by atoms with Gasteiger partial charge in [0, 0.05) is 21.1 Å². The Morgan fingerprint density at radius 1 is 1.14 bits per heavy atom. The van der Waals surface area contributed by atoms with Gasteiger partial charge in [-0.3, -0.25) is 4.79 Å². The smallest absolute Gasteiger partial charge is 0.241 e. The van der Waals surface area contributed by atoms with Crippen molar-refractivity contribution in [3.63, 3.8) is 0 Å². The summed E-state index contributed by atoms with van der Waals surface area (Å²) in [7, 11) is -3.89. The summed E-state index contributed by atoms with van der Waals surface area (Å²) < 4.78 is 29.2. The van der Waals surface area contributed by atoms with Crippen molar-refractivity contribution in [2.24, 2.45) is 23.7 Å². The van der Waals surface area contributed by atoms with Gasteiger partial charge in [-0.1, -0.05) is 40.3 Å². The van der Waals surface area contributed by atoms with E-state index in [9.17, 15) is 13.2 Å². The molecule has 0 heterocycles. The number of nitrogens with one attached hydrogen (secondary N) is 2. The molecule has 5 rings (SSSR count). The van der Waals surface area contributed by atoms with Crippen LogP contribution in [0.25, 0.3) is 0 Å². The quantitative estimate of drug-likeness (QED) is 0.410. The molecule has 4 aliphatic carbocycles. The van der Waals surface area contributed by atoms with Crippen molar-refractivity contribution >= 4 is 50.1 Å². The summed E-state index contributed by atoms with van der Waals surface area (Å²) in [6.07, 6.45) is 6.16. The standard InChI is InChI=1S/C21H28ClIN2O3S/c1-21(2,25-29(27,28)18-5-3-4-17(22)16(18)11-23)20(26)24-19-14-7-12-6-13(9-14)10-15(19)8-12/h3-5,12-15,19,25H,6-11H2,1-2H3,(H,24,26). The zero-order valence-electron chi connectivity index (χ0n) is 16.8. The Labute approximate surface area is 191 Å². The van der Waals surface area contributed by atoms with Crippen LogP contribution < -0.4 is 10.0 Å². The lowest BCUT2D eigenvalue weighted by Gasteiger charge is -2.54. The van der Waals surface area contributed by atoms with Crippen molar-refractivity contribution in [2.45, 2.75) is 66.9 Å². The van der Waals surface area contributed by atoms with Gasteiger partial charge in [-0.25, -0.2) is 8.42 Å². The molecule has 4 bridgehead atoms. The Morgan fingerprint density at radius 2 is 1.72 bits per heavy atom. The number of benzene rings is 1. The number of sulfonamides is 1. The molecule has 0 radical (unpaired) electrons. The molecule has 8 heteroatoms. The molecule has 1 amide bonds. The van der Waals surface area contributed by atoms with E-state index in [0.717, 1.165) is 11.8 Å². The van der Waals surface area contributed by atoms with Crippen LogP contribution in [0.3, 0.4) is 0 Å². The Kier molecular flexibility index (Phi) is 5.99. The minimum atomic E-state index is -3.89. The van der Waals surface area contributed by atoms with E-state index in [1.807, 2.05) is 0 Å². The van der Waals surface area contributed by atoms with Crippen molar-refractivity contribution < 1.29 is 13.2 Å². The normalized spacial score (nSPS) is 31.1. The van der Waals surface area contributed by atoms with Gasteiger partial charge in [-0.05, 0) is 81.8 Å². The Balaban J connectivity index is 1.50. The highest BCUT2D eigenvalue weighted by atomic mass is 127. The fraction of sp³-hybridized carbons (Fsp3) is 0.667. The Bertz CT molecular complexity index is 891. The number of hydrogen-bond donors (Lipinski definition) is 2. The second-order valence-electron chi connectivity index (χ2n) is 9.51. The van der Waals surface area contributed by atoms with E-state index in [0.29, 0.717) is 26.8 Å². The van der Waals surface area contributed by atoms with Crippen LogP contribution in [-0.4, -0.2) is 25.9 Å².